The van der Waals surface area contributed by atoms with Crippen LogP contribution in [0.5, 0.6) is 0 Å². The summed E-state index contributed by atoms with van der Waals surface area (Å²) in [6, 6.07) is 8.45. The number of nitrogens with zero attached hydrogens (tertiary/aromatic N) is 1. The predicted octanol–water partition coefficient (Wildman–Crippen LogP) is 2.75. The minimum absolute atomic E-state index is 0.531. The van der Waals surface area contributed by atoms with Crippen molar-refractivity contribution in [2.75, 3.05) is 13.1 Å². The molecule has 1 aliphatic rings. The van der Waals surface area contributed by atoms with Crippen molar-refractivity contribution in [2.24, 2.45) is 4.99 Å². The molecule has 0 unspecified atom stereocenters. The van der Waals surface area contributed by atoms with Crippen LogP contribution in [0.4, 0.5) is 0 Å². The van der Waals surface area contributed by atoms with Crippen LogP contribution in [-0.2, 0) is 6.54 Å². The van der Waals surface area contributed by atoms with Crippen LogP contribution >= 0.6 is 0 Å². The molecular weight excluding hydrogens is 274 g/mol. The molecule has 0 aliphatic heterocycles. The van der Waals surface area contributed by atoms with Crippen molar-refractivity contribution in [1.82, 2.24) is 10.6 Å². The molecule has 1 saturated carbocycles. The van der Waals surface area contributed by atoms with Gasteiger partial charge in [-0.2, -0.15) is 0 Å². The zero-order chi connectivity index (χ0) is 15.8. The summed E-state index contributed by atoms with van der Waals surface area (Å²) in [5.74, 6) is 0.800. The van der Waals surface area contributed by atoms with Crippen LogP contribution in [0.2, 0.25) is 0 Å². The molecule has 0 bridgehead atoms. The normalized spacial score (nSPS) is 17.0. The van der Waals surface area contributed by atoms with Crippen molar-refractivity contribution in [3.8, 4) is 0 Å². The van der Waals surface area contributed by atoms with E-state index in [1.165, 1.54) is 11.1 Å². The van der Waals surface area contributed by atoms with Gasteiger partial charge in [0.15, 0.2) is 5.96 Å². The fraction of sp³-hybridized carbons (Fsp3) is 0.611. The summed E-state index contributed by atoms with van der Waals surface area (Å²) in [5.41, 5.74) is 1.93. The highest BCUT2D eigenvalue weighted by Crippen LogP contribution is 2.30. The second kappa shape index (κ2) is 8.18. The fourth-order valence-electron chi connectivity index (χ4n) is 2.43. The summed E-state index contributed by atoms with van der Waals surface area (Å²) in [6.07, 6.45) is 5.18. The Labute approximate surface area is 134 Å². The topological polar surface area (TPSA) is 56.7 Å². The Bertz CT molecular complexity index is 478. The van der Waals surface area contributed by atoms with Gasteiger partial charge in [-0.05, 0) is 38.2 Å². The Morgan fingerprint density at radius 3 is 2.55 bits per heavy atom. The Morgan fingerprint density at radius 1 is 1.23 bits per heavy atom. The molecule has 0 atom stereocenters. The average molecular weight is 303 g/mol. The summed E-state index contributed by atoms with van der Waals surface area (Å²) in [6.45, 7) is 6.41. The van der Waals surface area contributed by atoms with Crippen molar-refractivity contribution in [3.63, 3.8) is 0 Å². The number of hydrogen-bond donors (Lipinski definition) is 3. The molecule has 4 nitrogen and oxygen atoms in total. The maximum absolute atomic E-state index is 10.2. The minimum atomic E-state index is -0.531. The van der Waals surface area contributed by atoms with Gasteiger partial charge >= 0.3 is 0 Å². The molecule has 0 spiro atoms. The molecule has 122 valence electrons. The highest BCUT2D eigenvalue weighted by Gasteiger charge is 2.34. The summed E-state index contributed by atoms with van der Waals surface area (Å²) in [4.78, 5) is 4.64. The maximum Gasteiger partial charge on any atom is 0.191 e. The fourth-order valence-corrected chi connectivity index (χ4v) is 2.43. The number of benzene rings is 1. The number of rotatable bonds is 7. The second-order valence-electron chi connectivity index (χ2n) is 6.36. The van der Waals surface area contributed by atoms with E-state index in [1.54, 1.807) is 0 Å². The van der Waals surface area contributed by atoms with Crippen LogP contribution < -0.4 is 10.6 Å². The third-order valence-corrected chi connectivity index (χ3v) is 4.23. The van der Waals surface area contributed by atoms with Gasteiger partial charge in [0.1, 0.15) is 0 Å². The van der Waals surface area contributed by atoms with Crippen molar-refractivity contribution < 1.29 is 5.11 Å². The molecule has 0 saturated heterocycles. The van der Waals surface area contributed by atoms with Crippen molar-refractivity contribution in [2.45, 2.75) is 58.1 Å². The average Bonchev–Trinajstić information content (AvgIpc) is 2.49. The van der Waals surface area contributed by atoms with Crippen LogP contribution in [0, 0.1) is 6.92 Å². The maximum atomic E-state index is 10.2. The van der Waals surface area contributed by atoms with Gasteiger partial charge in [-0.1, -0.05) is 43.2 Å². The zero-order valence-corrected chi connectivity index (χ0v) is 13.9. The molecule has 1 aromatic carbocycles. The van der Waals surface area contributed by atoms with Crippen LogP contribution in [0.25, 0.3) is 0 Å². The number of nitrogens with one attached hydrogen (secondary N) is 2. The first-order valence-corrected chi connectivity index (χ1v) is 8.41. The minimum Gasteiger partial charge on any atom is -0.388 e. The molecule has 1 aromatic rings. The SMILES string of the molecule is CCCCNC(=NCc1ccc(C)cc1)NCC1(O)CCC1. The van der Waals surface area contributed by atoms with E-state index in [1.807, 2.05) is 0 Å². The van der Waals surface area contributed by atoms with Crippen LogP contribution in [0.1, 0.15) is 50.2 Å². The number of aliphatic imine (C=N–C) groups is 1. The quantitative estimate of drug-likeness (QED) is 0.412. The van der Waals surface area contributed by atoms with Crippen LogP contribution in [0.15, 0.2) is 29.3 Å². The third kappa shape index (κ3) is 5.34. The molecule has 1 fully saturated rings. The lowest BCUT2D eigenvalue weighted by molar-refractivity contribution is -0.0279. The largest absolute Gasteiger partial charge is 0.388 e. The lowest BCUT2D eigenvalue weighted by Crippen LogP contribution is -2.50. The number of hydrogen-bond acceptors (Lipinski definition) is 2. The Hall–Kier alpha value is -1.55. The second-order valence-corrected chi connectivity index (χ2v) is 6.36. The highest BCUT2D eigenvalue weighted by atomic mass is 16.3. The molecule has 1 aliphatic carbocycles. The van der Waals surface area contributed by atoms with E-state index >= 15 is 0 Å². The molecule has 2 rings (SSSR count). The number of aliphatic hydroxyl groups is 1. The lowest BCUT2D eigenvalue weighted by atomic mass is 9.80. The Kier molecular flexibility index (Phi) is 6.25. The Morgan fingerprint density at radius 2 is 1.95 bits per heavy atom. The summed E-state index contributed by atoms with van der Waals surface area (Å²) >= 11 is 0. The van der Waals surface area contributed by atoms with Gasteiger partial charge in [0.2, 0.25) is 0 Å². The van der Waals surface area contributed by atoms with E-state index in [4.69, 9.17) is 0 Å². The third-order valence-electron chi connectivity index (χ3n) is 4.23. The van der Waals surface area contributed by atoms with Gasteiger partial charge in [-0.15, -0.1) is 0 Å². The van der Waals surface area contributed by atoms with E-state index in [0.29, 0.717) is 13.1 Å². The lowest BCUT2D eigenvalue weighted by Gasteiger charge is -2.37. The summed E-state index contributed by atoms with van der Waals surface area (Å²) < 4.78 is 0. The standard InChI is InChI=1S/C18H29N3O/c1-3-4-12-19-17(21-14-18(22)10-5-11-18)20-13-16-8-6-15(2)7-9-16/h6-9,22H,3-5,10-14H2,1-2H3,(H2,19,20,21). The molecule has 0 aromatic heterocycles. The first-order chi connectivity index (χ1) is 10.6. The number of guanidine groups is 1. The number of unbranched alkanes of at least 4 members (excludes halogenated alkanes) is 1. The number of aryl methyl sites for hydroxylation is 1. The predicted molar refractivity (Wildman–Crippen MR) is 92.0 cm³/mol. The van der Waals surface area contributed by atoms with E-state index in [-0.39, 0.29) is 0 Å². The van der Waals surface area contributed by atoms with Gasteiger partial charge in [-0.3, -0.25) is 0 Å². The van der Waals surface area contributed by atoms with Crippen molar-refractivity contribution >= 4 is 5.96 Å². The van der Waals surface area contributed by atoms with Gasteiger partial charge in [0.05, 0.1) is 12.1 Å². The molecule has 4 heteroatoms. The molecular formula is C18H29N3O. The van der Waals surface area contributed by atoms with Gasteiger partial charge in [0.25, 0.3) is 0 Å². The molecule has 0 heterocycles. The van der Waals surface area contributed by atoms with Crippen molar-refractivity contribution in [1.29, 1.82) is 0 Å². The van der Waals surface area contributed by atoms with Gasteiger partial charge < -0.3 is 15.7 Å². The van der Waals surface area contributed by atoms with Crippen LogP contribution in [-0.4, -0.2) is 29.8 Å². The summed E-state index contributed by atoms with van der Waals surface area (Å²) in [7, 11) is 0. The molecule has 22 heavy (non-hydrogen) atoms. The molecule has 0 radical (unpaired) electrons. The summed E-state index contributed by atoms with van der Waals surface area (Å²) in [5, 5.41) is 16.8. The van der Waals surface area contributed by atoms with Crippen molar-refractivity contribution in [3.05, 3.63) is 35.4 Å². The van der Waals surface area contributed by atoms with E-state index < -0.39 is 5.60 Å². The smallest absolute Gasteiger partial charge is 0.191 e. The monoisotopic (exact) mass is 303 g/mol. The Balaban J connectivity index is 1.89. The molecule has 0 amide bonds. The first-order valence-electron chi connectivity index (χ1n) is 8.41. The van der Waals surface area contributed by atoms with Gasteiger partial charge in [0, 0.05) is 13.1 Å². The van der Waals surface area contributed by atoms with Crippen LogP contribution in [0.3, 0.4) is 0 Å². The van der Waals surface area contributed by atoms with Gasteiger partial charge in [-0.25, -0.2) is 4.99 Å². The molecule has 3 N–H and O–H groups in total. The first kappa shape index (κ1) is 16.8. The van der Waals surface area contributed by atoms with E-state index in [0.717, 1.165) is 44.6 Å². The van der Waals surface area contributed by atoms with E-state index in [9.17, 15) is 5.11 Å². The van der Waals surface area contributed by atoms with E-state index in [2.05, 4.69) is 53.7 Å². The highest BCUT2D eigenvalue weighted by molar-refractivity contribution is 5.79. The zero-order valence-electron chi connectivity index (χ0n) is 13.9.